The lowest BCUT2D eigenvalue weighted by Crippen LogP contribution is -2.31. The molecule has 2 aromatic carbocycles. The van der Waals surface area contributed by atoms with Gasteiger partial charge in [0.1, 0.15) is 30.0 Å². The van der Waals surface area contributed by atoms with Crippen LogP contribution in [0.5, 0.6) is 11.5 Å². The Bertz CT molecular complexity index is 1280. The highest BCUT2D eigenvalue weighted by molar-refractivity contribution is 5.78. The second-order valence-electron chi connectivity index (χ2n) is 9.46. The van der Waals surface area contributed by atoms with Crippen molar-refractivity contribution in [3.8, 4) is 22.6 Å². The second-order valence-corrected chi connectivity index (χ2v) is 9.46. The summed E-state index contributed by atoms with van der Waals surface area (Å²) in [4.78, 5) is 25.2. The number of fused-ring (bicyclic) bond motifs is 4. The number of carbonyl (C=O) groups excluding carboxylic acids is 1. The molecule has 0 bridgehead atoms. The Morgan fingerprint density at radius 2 is 1.76 bits per heavy atom. The number of amidine groups is 1. The van der Waals surface area contributed by atoms with Crippen molar-refractivity contribution in [3.63, 3.8) is 0 Å². The second kappa shape index (κ2) is 8.13. The van der Waals surface area contributed by atoms with Gasteiger partial charge in [-0.1, -0.05) is 12.1 Å². The van der Waals surface area contributed by atoms with E-state index in [1.165, 1.54) is 6.33 Å². The topological polar surface area (TPSA) is 109 Å². The highest BCUT2D eigenvalue weighted by atomic mass is 16.6. The number of nitrogens with zero attached hydrogens (tertiary/aromatic N) is 3. The van der Waals surface area contributed by atoms with Gasteiger partial charge in [-0.05, 0) is 62.6 Å². The van der Waals surface area contributed by atoms with Gasteiger partial charge in [0.05, 0.1) is 0 Å². The van der Waals surface area contributed by atoms with Gasteiger partial charge in [0.2, 0.25) is 0 Å². The van der Waals surface area contributed by atoms with Crippen LogP contribution in [0.15, 0.2) is 60.1 Å². The lowest BCUT2D eigenvalue weighted by Gasteiger charge is -2.34. The third kappa shape index (κ3) is 4.07. The molecule has 0 aliphatic carbocycles. The number of nitrogens with two attached hydrogens (primary N) is 1. The molecule has 2 aliphatic rings. The largest absolute Gasteiger partial charge is 0.462 e. The monoisotopic (exact) mass is 458 g/mol. The predicted octanol–water partition coefficient (Wildman–Crippen LogP) is 4.11. The van der Waals surface area contributed by atoms with Crippen LogP contribution in [0.4, 0.5) is 0 Å². The average molecular weight is 459 g/mol. The Hall–Kier alpha value is -3.94. The molecule has 0 radical (unpaired) electrons. The number of benzene rings is 2. The van der Waals surface area contributed by atoms with Gasteiger partial charge in [-0.25, -0.2) is 15.0 Å². The van der Waals surface area contributed by atoms with Gasteiger partial charge in [-0.2, -0.15) is 0 Å². The van der Waals surface area contributed by atoms with Crippen molar-refractivity contribution in [3.05, 3.63) is 71.8 Å². The lowest BCUT2D eigenvalue weighted by molar-refractivity contribution is -0.154. The quantitative estimate of drug-likeness (QED) is 0.586. The summed E-state index contributed by atoms with van der Waals surface area (Å²) in [7, 11) is 0. The molecule has 8 nitrogen and oxygen atoms in total. The molecule has 3 aromatic rings. The van der Waals surface area contributed by atoms with Crippen LogP contribution in [0.25, 0.3) is 11.1 Å². The Morgan fingerprint density at radius 3 is 2.44 bits per heavy atom. The van der Waals surface area contributed by atoms with Gasteiger partial charge in [0, 0.05) is 35.5 Å². The molecule has 0 saturated carbocycles. The first kappa shape index (κ1) is 21.9. The van der Waals surface area contributed by atoms with E-state index in [4.69, 9.17) is 24.9 Å². The summed E-state index contributed by atoms with van der Waals surface area (Å²) < 4.78 is 17.4. The number of esters is 1. The van der Waals surface area contributed by atoms with Crippen molar-refractivity contribution >= 4 is 12.0 Å². The fourth-order valence-electron chi connectivity index (χ4n) is 4.32. The first-order chi connectivity index (χ1) is 16.2. The number of ether oxygens (including phenoxy) is 3. The molecule has 8 heteroatoms. The Morgan fingerprint density at radius 1 is 1.06 bits per heavy atom. The van der Waals surface area contributed by atoms with Crippen LogP contribution in [0.3, 0.4) is 0 Å². The predicted molar refractivity (Wildman–Crippen MR) is 127 cm³/mol. The van der Waals surface area contributed by atoms with Gasteiger partial charge < -0.3 is 19.9 Å². The maximum Gasteiger partial charge on any atom is 0.306 e. The summed E-state index contributed by atoms with van der Waals surface area (Å²) in [5.41, 5.74) is 9.15. The summed E-state index contributed by atoms with van der Waals surface area (Å²) in [5.74, 6) is 1.14. The van der Waals surface area contributed by atoms with Crippen molar-refractivity contribution in [1.82, 2.24) is 9.97 Å². The zero-order valence-electron chi connectivity index (χ0n) is 19.4. The zero-order chi connectivity index (χ0) is 23.9. The molecule has 3 heterocycles. The van der Waals surface area contributed by atoms with Crippen molar-refractivity contribution in [2.75, 3.05) is 6.61 Å². The maximum atomic E-state index is 12.2. The number of rotatable bonds is 4. The summed E-state index contributed by atoms with van der Waals surface area (Å²) in [6, 6.07) is 11.9. The van der Waals surface area contributed by atoms with Gasteiger partial charge in [0.25, 0.3) is 6.02 Å². The third-order valence-electron chi connectivity index (χ3n) is 5.80. The molecule has 0 saturated heterocycles. The maximum absolute atomic E-state index is 12.2. The first-order valence-electron chi connectivity index (χ1n) is 11.1. The summed E-state index contributed by atoms with van der Waals surface area (Å²) in [6.45, 7) is 5.84. The van der Waals surface area contributed by atoms with Crippen LogP contribution in [0.1, 0.15) is 43.9 Å². The lowest BCUT2D eigenvalue weighted by atomic mass is 9.79. The van der Waals surface area contributed by atoms with E-state index in [2.05, 4.69) is 9.97 Å². The van der Waals surface area contributed by atoms with Crippen molar-refractivity contribution in [1.29, 1.82) is 0 Å². The normalized spacial score (nSPS) is 18.4. The van der Waals surface area contributed by atoms with Crippen molar-refractivity contribution in [2.24, 2.45) is 10.7 Å². The fraction of sp³-hybridized carbons (Fsp3) is 0.308. The van der Waals surface area contributed by atoms with Crippen LogP contribution < -0.4 is 10.5 Å². The summed E-state index contributed by atoms with van der Waals surface area (Å²) in [6.07, 6.45) is 5.83. The number of aliphatic imine (C=N–C) groups is 1. The van der Waals surface area contributed by atoms with Crippen LogP contribution in [0.2, 0.25) is 0 Å². The van der Waals surface area contributed by atoms with E-state index < -0.39 is 11.1 Å². The van der Waals surface area contributed by atoms with Gasteiger partial charge >= 0.3 is 5.97 Å². The summed E-state index contributed by atoms with van der Waals surface area (Å²) >= 11 is 0. The van der Waals surface area contributed by atoms with E-state index in [0.717, 1.165) is 27.8 Å². The molecule has 5 rings (SSSR count). The fourth-order valence-corrected chi connectivity index (χ4v) is 4.32. The highest BCUT2D eigenvalue weighted by Crippen LogP contribution is 2.51. The molecular weight excluding hydrogens is 432 g/mol. The smallest absolute Gasteiger partial charge is 0.306 e. The summed E-state index contributed by atoms with van der Waals surface area (Å²) in [5, 5.41) is 0. The van der Waals surface area contributed by atoms with E-state index in [0.29, 0.717) is 17.9 Å². The van der Waals surface area contributed by atoms with Gasteiger partial charge in [0.15, 0.2) is 5.54 Å². The molecule has 1 spiro atoms. The van der Waals surface area contributed by atoms with E-state index >= 15 is 0 Å². The molecule has 1 aromatic heterocycles. The number of carbonyl (C=O) groups is 1. The Balaban J connectivity index is 1.52. The Kier molecular flexibility index (Phi) is 5.23. The van der Waals surface area contributed by atoms with E-state index in [1.807, 2.05) is 57.2 Å². The van der Waals surface area contributed by atoms with Gasteiger partial charge in [-0.15, -0.1) is 0 Å². The number of hydrogen-bond donors (Lipinski definition) is 1. The molecular formula is C26H26N4O4. The average Bonchev–Trinajstić information content (AvgIpc) is 3.19. The minimum absolute atomic E-state index is 0.131. The van der Waals surface area contributed by atoms with E-state index in [-0.39, 0.29) is 25.0 Å². The van der Waals surface area contributed by atoms with Crippen LogP contribution in [0, 0.1) is 0 Å². The van der Waals surface area contributed by atoms with Crippen LogP contribution in [-0.4, -0.2) is 34.2 Å². The third-order valence-corrected chi connectivity index (χ3v) is 5.80. The number of aryl methyl sites for hydroxylation is 1. The number of hydrogen-bond acceptors (Lipinski definition) is 8. The zero-order valence-corrected chi connectivity index (χ0v) is 19.4. The van der Waals surface area contributed by atoms with E-state index in [1.54, 1.807) is 12.4 Å². The standard InChI is InChI=1S/C26H26N4O4/c1-25(2,3)34-23(31)9-5-16-4-7-21-19(10-16)26(14-32-24(27)30-26)20-11-17(6-8-22(20)33-21)18-12-28-15-29-13-18/h4,6-8,10-13,15H,5,9,14H2,1-3H3,(H2,27,30)/t26-/m1/s1. The molecule has 0 fully saturated rings. The van der Waals surface area contributed by atoms with Crippen molar-refractivity contribution in [2.45, 2.75) is 44.8 Å². The molecule has 0 unspecified atom stereocenters. The van der Waals surface area contributed by atoms with E-state index in [9.17, 15) is 4.79 Å². The van der Waals surface area contributed by atoms with Crippen LogP contribution in [-0.2, 0) is 26.2 Å². The number of aromatic nitrogens is 2. The minimum Gasteiger partial charge on any atom is -0.462 e. The SMILES string of the molecule is CC(C)(C)OC(=O)CCc1ccc2c(c1)[C@]1(COC(N)=N1)c1cc(-c3cncnc3)ccc1O2. The van der Waals surface area contributed by atoms with Crippen LogP contribution >= 0.6 is 0 Å². The minimum atomic E-state index is -0.847. The molecule has 2 N–H and O–H groups in total. The molecule has 34 heavy (non-hydrogen) atoms. The molecule has 1 atom stereocenters. The first-order valence-corrected chi connectivity index (χ1v) is 11.1. The molecule has 174 valence electrons. The van der Waals surface area contributed by atoms with Gasteiger partial charge in [-0.3, -0.25) is 4.79 Å². The molecule has 0 amide bonds. The molecule has 2 aliphatic heterocycles. The van der Waals surface area contributed by atoms with Crippen molar-refractivity contribution < 1.29 is 19.0 Å². The highest BCUT2D eigenvalue weighted by Gasteiger charge is 2.47. The Labute approximate surface area is 197 Å².